The fourth-order valence-corrected chi connectivity index (χ4v) is 2.14. The Kier molecular flexibility index (Phi) is 2.58. The number of halogens is 1. The summed E-state index contributed by atoms with van der Waals surface area (Å²) in [7, 11) is 0. The van der Waals surface area contributed by atoms with E-state index in [1.54, 1.807) is 0 Å². The van der Waals surface area contributed by atoms with Crippen LogP contribution >= 0.6 is 11.6 Å². The summed E-state index contributed by atoms with van der Waals surface area (Å²) in [6, 6.07) is 0. The van der Waals surface area contributed by atoms with E-state index in [9.17, 15) is 0 Å². The van der Waals surface area contributed by atoms with E-state index in [4.69, 9.17) is 26.5 Å². The molecule has 2 rings (SSSR count). The van der Waals surface area contributed by atoms with E-state index < -0.39 is 5.79 Å². The highest BCUT2D eigenvalue weighted by Crippen LogP contribution is 2.38. The van der Waals surface area contributed by atoms with Crippen LogP contribution in [0.2, 0.25) is 0 Å². The fourth-order valence-electron chi connectivity index (χ4n) is 2.03. The highest BCUT2D eigenvalue weighted by Gasteiger charge is 2.43. The lowest BCUT2D eigenvalue weighted by molar-refractivity contribution is -0.181. The van der Waals surface area contributed by atoms with Crippen LogP contribution in [-0.4, -0.2) is 23.7 Å². The van der Waals surface area contributed by atoms with Gasteiger partial charge in [0.15, 0.2) is 5.79 Å². The van der Waals surface area contributed by atoms with Crippen molar-refractivity contribution in [3.05, 3.63) is 0 Å². The maximum absolute atomic E-state index is 7.25. The number of ether oxygens (including phenoxy) is 2. The summed E-state index contributed by atoms with van der Waals surface area (Å²) in [5, 5.41) is 7.31. The molecular formula is C9H14ClNO2. The van der Waals surface area contributed by atoms with E-state index in [1.165, 1.54) is 6.42 Å². The van der Waals surface area contributed by atoms with Crippen LogP contribution in [0.4, 0.5) is 0 Å². The number of rotatable bonds is 1. The van der Waals surface area contributed by atoms with Gasteiger partial charge in [-0.05, 0) is 12.8 Å². The molecule has 1 saturated carbocycles. The lowest BCUT2D eigenvalue weighted by Gasteiger charge is -2.31. The molecule has 13 heavy (non-hydrogen) atoms. The molecule has 1 aliphatic carbocycles. The van der Waals surface area contributed by atoms with Gasteiger partial charge in [0.25, 0.3) is 0 Å². The standard InChI is InChI=1S/C9H14ClNO2/c10-8(11)7-6-12-9(13-7)4-2-1-3-5-9/h7,11H,1-6H2/t7-/m1/s1. The van der Waals surface area contributed by atoms with Crippen molar-refractivity contribution in [2.45, 2.75) is 44.0 Å². The second kappa shape index (κ2) is 3.56. The largest absolute Gasteiger partial charge is 0.347 e. The smallest absolute Gasteiger partial charge is 0.169 e. The molecule has 0 amide bonds. The van der Waals surface area contributed by atoms with Gasteiger partial charge in [-0.1, -0.05) is 18.0 Å². The molecule has 2 aliphatic rings. The fraction of sp³-hybridized carbons (Fsp3) is 0.889. The Labute approximate surface area is 82.9 Å². The Bertz CT molecular complexity index is 214. The Hall–Kier alpha value is -0.120. The molecule has 0 aromatic heterocycles. The summed E-state index contributed by atoms with van der Waals surface area (Å²) in [6.07, 6.45) is 5.16. The molecule has 2 fully saturated rings. The quantitative estimate of drug-likeness (QED) is 0.665. The Morgan fingerprint density at radius 2 is 2.00 bits per heavy atom. The molecule has 1 aliphatic heterocycles. The van der Waals surface area contributed by atoms with Gasteiger partial charge in [-0.2, -0.15) is 0 Å². The third-order valence-corrected chi connectivity index (χ3v) is 3.00. The van der Waals surface area contributed by atoms with E-state index in [0.29, 0.717) is 6.61 Å². The van der Waals surface area contributed by atoms with Crippen molar-refractivity contribution in [1.29, 1.82) is 5.41 Å². The predicted octanol–water partition coefficient (Wildman–Crippen LogP) is 2.28. The first-order valence-electron chi connectivity index (χ1n) is 4.78. The third-order valence-electron chi connectivity index (χ3n) is 2.75. The highest BCUT2D eigenvalue weighted by atomic mass is 35.5. The molecule has 0 radical (unpaired) electrons. The summed E-state index contributed by atoms with van der Waals surface area (Å²) in [5.74, 6) is -0.399. The minimum Gasteiger partial charge on any atom is -0.347 e. The van der Waals surface area contributed by atoms with Gasteiger partial charge in [0.05, 0.1) is 6.61 Å². The van der Waals surface area contributed by atoms with E-state index in [-0.39, 0.29) is 11.3 Å². The van der Waals surface area contributed by atoms with E-state index >= 15 is 0 Å². The van der Waals surface area contributed by atoms with Crippen LogP contribution in [0.5, 0.6) is 0 Å². The topological polar surface area (TPSA) is 42.3 Å². The van der Waals surface area contributed by atoms with Crippen molar-refractivity contribution in [3.8, 4) is 0 Å². The van der Waals surface area contributed by atoms with Gasteiger partial charge in [0, 0.05) is 12.8 Å². The van der Waals surface area contributed by atoms with Gasteiger partial charge >= 0.3 is 0 Å². The Morgan fingerprint density at radius 3 is 2.54 bits per heavy atom. The van der Waals surface area contributed by atoms with Gasteiger partial charge in [-0.3, -0.25) is 5.41 Å². The zero-order chi connectivity index (χ0) is 9.31. The second-order valence-electron chi connectivity index (χ2n) is 3.74. The molecule has 74 valence electrons. The maximum Gasteiger partial charge on any atom is 0.169 e. The predicted molar refractivity (Wildman–Crippen MR) is 50.2 cm³/mol. The molecule has 0 aromatic carbocycles. The van der Waals surface area contributed by atoms with Crippen molar-refractivity contribution in [2.75, 3.05) is 6.61 Å². The molecule has 1 spiro atoms. The van der Waals surface area contributed by atoms with Crippen LogP contribution in [0.3, 0.4) is 0 Å². The van der Waals surface area contributed by atoms with Crippen LogP contribution in [-0.2, 0) is 9.47 Å². The van der Waals surface area contributed by atoms with Gasteiger partial charge in [0.2, 0.25) is 0 Å². The lowest BCUT2D eigenvalue weighted by atomic mass is 9.94. The van der Waals surface area contributed by atoms with Crippen LogP contribution in [0, 0.1) is 5.41 Å². The molecule has 1 N–H and O–H groups in total. The summed E-state index contributed by atoms with van der Waals surface area (Å²) < 4.78 is 11.3. The van der Waals surface area contributed by atoms with Gasteiger partial charge < -0.3 is 9.47 Å². The van der Waals surface area contributed by atoms with Crippen LogP contribution in [0.25, 0.3) is 0 Å². The van der Waals surface area contributed by atoms with E-state index in [1.807, 2.05) is 0 Å². The van der Waals surface area contributed by atoms with Crippen molar-refractivity contribution in [2.24, 2.45) is 0 Å². The van der Waals surface area contributed by atoms with Gasteiger partial charge in [-0.25, -0.2) is 0 Å². The third kappa shape index (κ3) is 1.87. The number of nitrogens with one attached hydrogen (secondary N) is 1. The molecule has 4 heteroatoms. The molecule has 0 unspecified atom stereocenters. The van der Waals surface area contributed by atoms with Crippen molar-refractivity contribution < 1.29 is 9.47 Å². The zero-order valence-electron chi connectivity index (χ0n) is 7.51. The molecule has 0 aromatic rings. The lowest BCUT2D eigenvalue weighted by Crippen LogP contribution is -2.34. The number of hydrogen-bond acceptors (Lipinski definition) is 3. The summed E-state index contributed by atoms with van der Waals surface area (Å²) in [4.78, 5) is 0. The first kappa shape index (κ1) is 9.44. The molecule has 1 atom stereocenters. The summed E-state index contributed by atoms with van der Waals surface area (Å²) in [5.41, 5.74) is 0. The Balaban J connectivity index is 1.98. The van der Waals surface area contributed by atoms with Crippen molar-refractivity contribution in [3.63, 3.8) is 0 Å². The molecular weight excluding hydrogens is 190 g/mol. The second-order valence-corrected chi connectivity index (χ2v) is 4.14. The number of hydrogen-bond donors (Lipinski definition) is 1. The first-order valence-corrected chi connectivity index (χ1v) is 5.15. The summed E-state index contributed by atoms with van der Waals surface area (Å²) >= 11 is 5.56. The van der Waals surface area contributed by atoms with E-state index in [0.717, 1.165) is 25.7 Å². The SMILES string of the molecule is N=C(Cl)[C@H]1COC2(CCCCC2)O1. The van der Waals surface area contributed by atoms with Crippen molar-refractivity contribution in [1.82, 2.24) is 0 Å². The first-order chi connectivity index (χ1) is 6.22. The average Bonchev–Trinajstić information content (AvgIpc) is 2.51. The average molecular weight is 204 g/mol. The monoisotopic (exact) mass is 203 g/mol. The molecule has 1 heterocycles. The molecule has 3 nitrogen and oxygen atoms in total. The van der Waals surface area contributed by atoms with Gasteiger partial charge in [0.1, 0.15) is 11.3 Å². The maximum atomic E-state index is 7.25. The van der Waals surface area contributed by atoms with Crippen LogP contribution < -0.4 is 0 Å². The zero-order valence-corrected chi connectivity index (χ0v) is 8.27. The molecule has 1 saturated heterocycles. The van der Waals surface area contributed by atoms with Crippen molar-refractivity contribution >= 4 is 16.8 Å². The normalized spacial score (nSPS) is 32.2. The highest BCUT2D eigenvalue weighted by molar-refractivity contribution is 6.65. The summed E-state index contributed by atoms with van der Waals surface area (Å²) in [6.45, 7) is 0.447. The minimum absolute atomic E-state index is 0.0578. The minimum atomic E-state index is -0.399. The van der Waals surface area contributed by atoms with Gasteiger partial charge in [-0.15, -0.1) is 0 Å². The van der Waals surface area contributed by atoms with E-state index in [2.05, 4.69) is 0 Å². The van der Waals surface area contributed by atoms with Crippen LogP contribution in [0.1, 0.15) is 32.1 Å². The van der Waals surface area contributed by atoms with Crippen LogP contribution in [0.15, 0.2) is 0 Å². The molecule has 0 bridgehead atoms. The Morgan fingerprint density at radius 1 is 1.31 bits per heavy atom.